The van der Waals surface area contributed by atoms with Gasteiger partial charge in [-0.05, 0) is 55.1 Å². The van der Waals surface area contributed by atoms with Crippen LogP contribution < -0.4 is 4.90 Å². The number of aliphatic hydroxyl groups is 1. The van der Waals surface area contributed by atoms with Crippen molar-refractivity contribution in [2.24, 2.45) is 11.3 Å². The van der Waals surface area contributed by atoms with Crippen LogP contribution in [0.25, 0.3) is 0 Å². The molecule has 2 aliphatic heterocycles. The lowest BCUT2D eigenvalue weighted by molar-refractivity contribution is 0.0506. The minimum absolute atomic E-state index is 0.203. The Balaban J connectivity index is 1.42. The normalized spacial score (nSPS) is 23.2. The second kappa shape index (κ2) is 7.06. The van der Waals surface area contributed by atoms with Crippen molar-refractivity contribution in [2.45, 2.75) is 19.4 Å². The van der Waals surface area contributed by atoms with Crippen molar-refractivity contribution in [1.29, 1.82) is 0 Å². The average Bonchev–Trinajstić information content (AvgIpc) is 3.04. The van der Waals surface area contributed by atoms with Crippen LogP contribution in [0.5, 0.6) is 0 Å². The third-order valence-corrected chi connectivity index (χ3v) is 5.93. The van der Waals surface area contributed by atoms with Gasteiger partial charge in [0.15, 0.2) is 0 Å². The van der Waals surface area contributed by atoms with Gasteiger partial charge in [0, 0.05) is 50.7 Å². The summed E-state index contributed by atoms with van der Waals surface area (Å²) in [5.74, 6) is 1.30. The van der Waals surface area contributed by atoms with Crippen LogP contribution in [0, 0.1) is 11.3 Å². The molecule has 1 atom stereocenters. The van der Waals surface area contributed by atoms with Crippen LogP contribution in [0.3, 0.4) is 0 Å². The maximum Gasteiger partial charge on any atom is 0.131 e. The first-order valence-corrected chi connectivity index (χ1v) is 9.02. The van der Waals surface area contributed by atoms with E-state index < -0.39 is 0 Å². The molecule has 25 heavy (non-hydrogen) atoms. The van der Waals surface area contributed by atoms with E-state index in [9.17, 15) is 5.11 Å². The molecule has 0 amide bonds. The van der Waals surface area contributed by atoms with E-state index >= 15 is 0 Å². The topological polar surface area (TPSA) is 65.4 Å². The molecule has 2 fully saturated rings. The predicted octanol–water partition coefficient (Wildman–Crippen LogP) is 1.58. The largest absolute Gasteiger partial charge is 0.396 e. The van der Waals surface area contributed by atoms with Gasteiger partial charge in [-0.1, -0.05) is 0 Å². The summed E-state index contributed by atoms with van der Waals surface area (Å²) in [4.78, 5) is 17.3. The summed E-state index contributed by atoms with van der Waals surface area (Å²) in [5, 5.41) is 9.97. The summed E-state index contributed by atoms with van der Waals surface area (Å²) in [6.45, 7) is 5.27. The van der Waals surface area contributed by atoms with Crippen LogP contribution in [-0.2, 0) is 6.54 Å². The fourth-order valence-corrected chi connectivity index (χ4v) is 4.40. The van der Waals surface area contributed by atoms with Crippen molar-refractivity contribution in [3.05, 3.63) is 48.7 Å². The number of hydrogen-bond acceptors (Lipinski definition) is 6. The molecule has 6 nitrogen and oxygen atoms in total. The zero-order chi connectivity index (χ0) is 17.1. The van der Waals surface area contributed by atoms with Gasteiger partial charge in [-0.25, -0.2) is 9.97 Å². The Morgan fingerprint density at radius 1 is 1.08 bits per heavy atom. The Morgan fingerprint density at radius 3 is 2.52 bits per heavy atom. The van der Waals surface area contributed by atoms with Gasteiger partial charge >= 0.3 is 0 Å². The van der Waals surface area contributed by atoms with E-state index in [1.165, 1.54) is 5.56 Å². The van der Waals surface area contributed by atoms with Gasteiger partial charge in [0.25, 0.3) is 0 Å². The van der Waals surface area contributed by atoms with Crippen molar-refractivity contribution in [3.63, 3.8) is 0 Å². The third kappa shape index (κ3) is 3.37. The highest BCUT2D eigenvalue weighted by Gasteiger charge is 2.47. The molecular weight excluding hydrogens is 314 g/mol. The quantitative estimate of drug-likeness (QED) is 0.912. The Hall–Kier alpha value is -2.05. The van der Waals surface area contributed by atoms with Gasteiger partial charge in [0.1, 0.15) is 12.1 Å². The number of rotatable bonds is 4. The SMILES string of the molecule is OCC1CN(c2ccncn2)CC12CCN(Cc1ccncc1)CC2. The maximum absolute atomic E-state index is 9.97. The Labute approximate surface area is 148 Å². The second-order valence-corrected chi connectivity index (χ2v) is 7.32. The summed E-state index contributed by atoms with van der Waals surface area (Å²) in [5.41, 5.74) is 1.52. The molecule has 1 N–H and O–H groups in total. The first kappa shape index (κ1) is 16.4. The number of likely N-dealkylation sites (tertiary alicyclic amines) is 1. The average molecular weight is 339 g/mol. The molecule has 2 aromatic heterocycles. The zero-order valence-electron chi connectivity index (χ0n) is 14.5. The highest BCUT2D eigenvalue weighted by molar-refractivity contribution is 5.39. The smallest absolute Gasteiger partial charge is 0.131 e. The number of piperidine rings is 1. The molecule has 0 saturated carbocycles. The monoisotopic (exact) mass is 339 g/mol. The lowest BCUT2D eigenvalue weighted by Crippen LogP contribution is -2.44. The minimum Gasteiger partial charge on any atom is -0.396 e. The summed E-state index contributed by atoms with van der Waals surface area (Å²) in [6, 6.07) is 6.15. The summed E-state index contributed by atoms with van der Waals surface area (Å²) < 4.78 is 0. The summed E-state index contributed by atoms with van der Waals surface area (Å²) in [7, 11) is 0. The first-order valence-electron chi connectivity index (χ1n) is 9.02. The van der Waals surface area contributed by atoms with Gasteiger partial charge in [-0.3, -0.25) is 9.88 Å². The molecule has 0 bridgehead atoms. The van der Waals surface area contributed by atoms with Crippen LogP contribution >= 0.6 is 0 Å². The second-order valence-electron chi connectivity index (χ2n) is 7.32. The Kier molecular flexibility index (Phi) is 4.63. The molecule has 6 heteroatoms. The van der Waals surface area contributed by atoms with Crippen molar-refractivity contribution < 1.29 is 5.11 Å². The molecule has 2 aliphatic rings. The van der Waals surface area contributed by atoms with Crippen LogP contribution in [0.4, 0.5) is 5.82 Å². The van der Waals surface area contributed by atoms with Crippen molar-refractivity contribution >= 4 is 5.82 Å². The van der Waals surface area contributed by atoms with Crippen LogP contribution in [0.2, 0.25) is 0 Å². The molecule has 0 radical (unpaired) electrons. The highest BCUT2D eigenvalue weighted by atomic mass is 16.3. The molecule has 4 heterocycles. The van der Waals surface area contributed by atoms with E-state index in [0.717, 1.165) is 51.4 Å². The summed E-state index contributed by atoms with van der Waals surface area (Å²) in [6.07, 6.45) is 9.37. The maximum atomic E-state index is 9.97. The fraction of sp³-hybridized carbons (Fsp3) is 0.526. The molecule has 4 rings (SSSR count). The molecule has 0 aromatic carbocycles. The lowest BCUT2D eigenvalue weighted by atomic mass is 9.71. The minimum atomic E-state index is 0.203. The van der Waals surface area contributed by atoms with Gasteiger partial charge < -0.3 is 10.0 Å². The lowest BCUT2D eigenvalue weighted by Gasteiger charge is -2.42. The molecule has 2 aromatic rings. The van der Waals surface area contributed by atoms with Crippen molar-refractivity contribution in [1.82, 2.24) is 19.9 Å². The Bertz CT molecular complexity index is 673. The predicted molar refractivity (Wildman–Crippen MR) is 96.0 cm³/mol. The molecule has 132 valence electrons. The number of pyridine rings is 1. The van der Waals surface area contributed by atoms with Gasteiger partial charge in [0.2, 0.25) is 0 Å². The fourth-order valence-electron chi connectivity index (χ4n) is 4.40. The van der Waals surface area contributed by atoms with Crippen LogP contribution in [-0.4, -0.2) is 57.7 Å². The number of aliphatic hydroxyl groups excluding tert-OH is 1. The van der Waals surface area contributed by atoms with Gasteiger partial charge in [0.05, 0.1) is 0 Å². The zero-order valence-corrected chi connectivity index (χ0v) is 14.5. The third-order valence-electron chi connectivity index (χ3n) is 5.93. The van der Waals surface area contributed by atoms with Crippen molar-refractivity contribution in [3.8, 4) is 0 Å². The first-order chi connectivity index (χ1) is 12.3. The van der Waals surface area contributed by atoms with E-state index in [1.54, 1.807) is 12.5 Å². The standard InChI is InChI=1S/C19H25N5O/c25-13-17-12-24(18-3-8-21-15-22-18)14-19(17)4-9-23(10-5-19)11-16-1-6-20-7-2-16/h1-3,6-8,15,17,25H,4-5,9-14H2. The van der Waals surface area contributed by atoms with E-state index in [4.69, 9.17) is 0 Å². The number of aromatic nitrogens is 3. The Morgan fingerprint density at radius 2 is 1.84 bits per heavy atom. The van der Waals surface area contributed by atoms with Gasteiger partial charge in [-0.15, -0.1) is 0 Å². The number of nitrogens with zero attached hydrogens (tertiary/aromatic N) is 5. The van der Waals surface area contributed by atoms with Crippen LogP contribution in [0.15, 0.2) is 43.1 Å². The molecular formula is C19H25N5O. The molecule has 2 saturated heterocycles. The number of anilines is 1. The van der Waals surface area contributed by atoms with E-state index in [-0.39, 0.29) is 12.0 Å². The van der Waals surface area contributed by atoms with Gasteiger partial charge in [-0.2, -0.15) is 0 Å². The number of hydrogen-bond donors (Lipinski definition) is 1. The van der Waals surface area contributed by atoms with E-state index in [2.05, 4.69) is 36.9 Å². The van der Waals surface area contributed by atoms with Crippen LogP contribution in [0.1, 0.15) is 18.4 Å². The van der Waals surface area contributed by atoms with E-state index in [0.29, 0.717) is 5.92 Å². The van der Waals surface area contributed by atoms with E-state index in [1.807, 2.05) is 18.5 Å². The highest BCUT2D eigenvalue weighted by Crippen LogP contribution is 2.45. The molecule has 0 aliphatic carbocycles. The molecule has 1 unspecified atom stereocenters. The molecule has 1 spiro atoms. The summed E-state index contributed by atoms with van der Waals surface area (Å²) >= 11 is 0. The van der Waals surface area contributed by atoms with Crippen molar-refractivity contribution in [2.75, 3.05) is 37.7 Å².